The number of nitrogens with two attached hydrogens (primary N) is 1. The number of rotatable bonds is 3. The van der Waals surface area contributed by atoms with Crippen molar-refractivity contribution < 1.29 is 29.9 Å². The first-order valence-electron chi connectivity index (χ1n) is 5.85. The summed E-state index contributed by atoms with van der Waals surface area (Å²) >= 11 is 0. The van der Waals surface area contributed by atoms with Crippen LogP contribution in [0.25, 0.3) is 0 Å². The maximum atomic E-state index is 9.77. The van der Waals surface area contributed by atoms with Crippen molar-refractivity contribution in [3.63, 3.8) is 0 Å². The van der Waals surface area contributed by atoms with Crippen molar-refractivity contribution in [2.24, 2.45) is 0 Å². The van der Waals surface area contributed by atoms with Crippen LogP contribution >= 0.6 is 12.4 Å². The van der Waals surface area contributed by atoms with Gasteiger partial charge in [-0.05, 0) is 24.3 Å². The Kier molecular flexibility index (Phi) is 6.00. The molecule has 0 bridgehead atoms. The molecule has 1 aliphatic heterocycles. The Hall–Kier alpha value is -1.09. The van der Waals surface area contributed by atoms with Crippen LogP contribution in [0, 0.1) is 0 Å². The van der Waals surface area contributed by atoms with Crippen LogP contribution in [0.5, 0.6) is 5.75 Å². The molecule has 2 rings (SSSR count). The molecule has 1 saturated heterocycles. The molecule has 1 heterocycles. The number of nitrogen functional groups attached to an aromatic ring is 1. The minimum atomic E-state index is -1.45. The molecule has 1 aromatic carbocycles. The topological polar surface area (TPSA) is 125 Å². The zero-order chi connectivity index (χ0) is 14.0. The van der Waals surface area contributed by atoms with E-state index in [0.29, 0.717) is 11.4 Å². The minimum Gasteiger partial charge on any atom is -0.462 e. The summed E-state index contributed by atoms with van der Waals surface area (Å²) in [4.78, 5) is 0. The van der Waals surface area contributed by atoms with E-state index in [1.807, 2.05) is 0 Å². The number of aliphatic hydroxyl groups excluding tert-OH is 4. The number of benzene rings is 1. The van der Waals surface area contributed by atoms with Gasteiger partial charge in [0.05, 0.1) is 6.61 Å². The number of aliphatic hydroxyl groups is 4. The van der Waals surface area contributed by atoms with E-state index in [4.69, 9.17) is 20.3 Å². The highest BCUT2D eigenvalue weighted by atomic mass is 35.5. The molecule has 0 aromatic heterocycles. The maximum absolute atomic E-state index is 9.77. The van der Waals surface area contributed by atoms with Gasteiger partial charge in [0.1, 0.15) is 30.2 Å². The Morgan fingerprint density at radius 3 is 2.20 bits per heavy atom. The highest BCUT2D eigenvalue weighted by Crippen LogP contribution is 2.24. The summed E-state index contributed by atoms with van der Waals surface area (Å²) < 4.78 is 10.6. The molecule has 0 saturated carbocycles. The monoisotopic (exact) mass is 307 g/mol. The fourth-order valence-electron chi connectivity index (χ4n) is 1.85. The molecule has 1 aromatic rings. The summed E-state index contributed by atoms with van der Waals surface area (Å²) in [5, 5.41) is 38.0. The van der Waals surface area contributed by atoms with Crippen molar-refractivity contribution in [1.82, 2.24) is 0 Å². The fraction of sp³-hybridized carbons (Fsp3) is 0.500. The Morgan fingerprint density at radius 1 is 1.05 bits per heavy atom. The summed E-state index contributed by atoms with van der Waals surface area (Å²) in [6.45, 7) is -0.494. The molecule has 1 aliphatic rings. The van der Waals surface area contributed by atoms with E-state index in [2.05, 4.69) is 0 Å². The molecule has 1 fully saturated rings. The van der Waals surface area contributed by atoms with E-state index >= 15 is 0 Å². The fourth-order valence-corrected chi connectivity index (χ4v) is 1.85. The molecule has 20 heavy (non-hydrogen) atoms. The molecule has 6 N–H and O–H groups in total. The van der Waals surface area contributed by atoms with Crippen LogP contribution in [0.3, 0.4) is 0 Å². The van der Waals surface area contributed by atoms with Crippen molar-refractivity contribution in [2.45, 2.75) is 30.7 Å². The van der Waals surface area contributed by atoms with Crippen LogP contribution in [0.2, 0.25) is 0 Å². The number of halogens is 1. The van der Waals surface area contributed by atoms with E-state index in [9.17, 15) is 15.3 Å². The van der Waals surface area contributed by atoms with Crippen LogP contribution in [0.4, 0.5) is 5.69 Å². The van der Waals surface area contributed by atoms with Gasteiger partial charge in [-0.2, -0.15) is 0 Å². The van der Waals surface area contributed by atoms with Crippen LogP contribution in [0.15, 0.2) is 24.3 Å². The third-order valence-electron chi connectivity index (χ3n) is 2.98. The highest BCUT2D eigenvalue weighted by Gasteiger charge is 2.44. The van der Waals surface area contributed by atoms with Gasteiger partial charge in [-0.3, -0.25) is 0 Å². The Bertz CT molecular complexity index is 415. The van der Waals surface area contributed by atoms with Crippen LogP contribution in [-0.4, -0.2) is 57.7 Å². The Morgan fingerprint density at radius 2 is 1.65 bits per heavy atom. The molecule has 114 valence electrons. The van der Waals surface area contributed by atoms with E-state index in [-0.39, 0.29) is 12.4 Å². The summed E-state index contributed by atoms with van der Waals surface area (Å²) in [6, 6.07) is 6.38. The van der Waals surface area contributed by atoms with E-state index in [1.165, 1.54) is 0 Å². The van der Waals surface area contributed by atoms with Gasteiger partial charge in [-0.1, -0.05) is 0 Å². The zero-order valence-electron chi connectivity index (χ0n) is 10.5. The molecular formula is C12H18ClNO6. The van der Waals surface area contributed by atoms with Crippen LogP contribution in [-0.2, 0) is 4.74 Å². The maximum Gasteiger partial charge on any atom is 0.229 e. The molecule has 5 atom stereocenters. The summed E-state index contributed by atoms with van der Waals surface area (Å²) in [7, 11) is 0. The van der Waals surface area contributed by atoms with Crippen molar-refractivity contribution >= 4 is 18.1 Å². The standard InChI is InChI=1S/C12H17NO6.ClH/c13-6-1-3-7(4-2-6)18-12-11(17)10(16)9(15)8(5-14)19-12;/h1-4,8-12,14-17H,5,13H2;1H/t8?,9-,10?,11?,12+;/m0./s1. The molecule has 7 nitrogen and oxygen atoms in total. The lowest BCUT2D eigenvalue weighted by atomic mass is 9.99. The first kappa shape index (κ1) is 17.0. The normalized spacial score (nSPS) is 33.3. The van der Waals surface area contributed by atoms with Crippen molar-refractivity contribution in [3.05, 3.63) is 24.3 Å². The second-order valence-electron chi connectivity index (χ2n) is 4.38. The minimum absolute atomic E-state index is 0. The predicted octanol–water partition coefficient (Wildman–Crippen LogP) is -1.13. The zero-order valence-corrected chi connectivity index (χ0v) is 11.3. The average molecular weight is 308 g/mol. The van der Waals surface area contributed by atoms with Crippen molar-refractivity contribution in [3.8, 4) is 5.75 Å². The summed E-state index contributed by atoms with van der Waals surface area (Å²) in [5.74, 6) is 0.388. The molecular weight excluding hydrogens is 290 g/mol. The lowest BCUT2D eigenvalue weighted by Crippen LogP contribution is -2.60. The smallest absolute Gasteiger partial charge is 0.229 e. The Labute approximate surface area is 122 Å². The second-order valence-corrected chi connectivity index (χ2v) is 4.38. The van der Waals surface area contributed by atoms with Gasteiger partial charge in [-0.15, -0.1) is 12.4 Å². The van der Waals surface area contributed by atoms with Crippen molar-refractivity contribution in [2.75, 3.05) is 12.3 Å². The lowest BCUT2D eigenvalue weighted by molar-refractivity contribution is -0.277. The summed E-state index contributed by atoms with van der Waals surface area (Å²) in [6.07, 6.45) is -6.44. The molecule has 0 amide bonds. The second kappa shape index (κ2) is 7.07. The SMILES string of the molecule is Cl.Nc1ccc(O[C@@H]2OC(CO)[C@H](O)C(O)C2O)cc1. The third kappa shape index (κ3) is 3.51. The lowest BCUT2D eigenvalue weighted by Gasteiger charge is -2.39. The quantitative estimate of drug-likeness (QED) is 0.447. The largest absolute Gasteiger partial charge is 0.462 e. The third-order valence-corrected chi connectivity index (χ3v) is 2.98. The highest BCUT2D eigenvalue weighted by molar-refractivity contribution is 5.85. The van der Waals surface area contributed by atoms with Gasteiger partial charge in [-0.25, -0.2) is 0 Å². The van der Waals surface area contributed by atoms with Crippen LogP contribution in [0.1, 0.15) is 0 Å². The molecule has 0 spiro atoms. The van der Waals surface area contributed by atoms with Crippen molar-refractivity contribution in [1.29, 1.82) is 0 Å². The molecule has 8 heteroatoms. The van der Waals surface area contributed by atoms with Gasteiger partial charge in [0.25, 0.3) is 0 Å². The predicted molar refractivity (Wildman–Crippen MR) is 72.5 cm³/mol. The number of anilines is 1. The summed E-state index contributed by atoms with van der Waals surface area (Å²) in [5.41, 5.74) is 6.09. The number of hydrogen-bond acceptors (Lipinski definition) is 7. The van der Waals surface area contributed by atoms with E-state index in [1.54, 1.807) is 24.3 Å². The number of hydrogen-bond donors (Lipinski definition) is 5. The first-order chi connectivity index (χ1) is 9.02. The van der Waals surface area contributed by atoms with E-state index in [0.717, 1.165) is 0 Å². The first-order valence-corrected chi connectivity index (χ1v) is 5.85. The van der Waals surface area contributed by atoms with Gasteiger partial charge >= 0.3 is 0 Å². The van der Waals surface area contributed by atoms with Gasteiger partial charge in [0.2, 0.25) is 6.29 Å². The van der Waals surface area contributed by atoms with E-state index < -0.39 is 37.3 Å². The van der Waals surface area contributed by atoms with Gasteiger partial charge in [0.15, 0.2) is 0 Å². The average Bonchev–Trinajstić information content (AvgIpc) is 2.42. The van der Waals surface area contributed by atoms with Gasteiger partial charge in [0, 0.05) is 5.69 Å². The number of ether oxygens (including phenoxy) is 2. The van der Waals surface area contributed by atoms with Gasteiger partial charge < -0.3 is 35.6 Å². The molecule has 0 aliphatic carbocycles. The molecule has 3 unspecified atom stereocenters. The van der Waals surface area contributed by atoms with Crippen LogP contribution < -0.4 is 10.5 Å². The Balaban J connectivity index is 0.00000200. The molecule has 0 radical (unpaired) electrons.